The fourth-order valence-corrected chi connectivity index (χ4v) is 4.82. The van der Waals surface area contributed by atoms with Crippen molar-refractivity contribution in [3.05, 3.63) is 35.4 Å². The highest BCUT2D eigenvalue weighted by atomic mass is 16.2. The van der Waals surface area contributed by atoms with Gasteiger partial charge in [-0.05, 0) is 38.2 Å². The number of urea groups is 1. The minimum Gasteiger partial charge on any atom is -0.335 e. The quantitative estimate of drug-likeness (QED) is 0.771. The third-order valence-corrected chi connectivity index (χ3v) is 6.71. The largest absolute Gasteiger partial charge is 0.335 e. The molecule has 0 bridgehead atoms. The smallest absolute Gasteiger partial charge is 0.317 e. The molecule has 4 amide bonds. The standard InChI is InChI=1S/C23H32N4O3/c1-17-6-8-18(9-7-17)16-26-14-15-27(22(29)21(26)28)20-10-12-25(13-11-20)23(30)24-19-4-2-3-5-19/h6-9,19-20H,2-5,10-16H2,1H3,(H,24,30). The van der Waals surface area contributed by atoms with E-state index < -0.39 is 11.8 Å². The molecule has 4 rings (SSSR count). The summed E-state index contributed by atoms with van der Waals surface area (Å²) >= 11 is 0. The second-order valence-electron chi connectivity index (χ2n) is 8.86. The van der Waals surface area contributed by atoms with Gasteiger partial charge in [-0.15, -0.1) is 0 Å². The summed E-state index contributed by atoms with van der Waals surface area (Å²) in [4.78, 5) is 43.1. The first-order valence-electron chi connectivity index (χ1n) is 11.2. The molecular formula is C23H32N4O3. The predicted octanol–water partition coefficient (Wildman–Crippen LogP) is 2.28. The number of benzene rings is 1. The Hall–Kier alpha value is -2.57. The average Bonchev–Trinajstić information content (AvgIpc) is 3.26. The minimum atomic E-state index is -0.414. The highest BCUT2D eigenvalue weighted by Crippen LogP contribution is 2.22. The van der Waals surface area contributed by atoms with Gasteiger partial charge < -0.3 is 20.0 Å². The Morgan fingerprint density at radius 2 is 1.60 bits per heavy atom. The van der Waals surface area contributed by atoms with Crippen molar-refractivity contribution in [1.82, 2.24) is 20.0 Å². The van der Waals surface area contributed by atoms with E-state index in [0.29, 0.717) is 38.8 Å². The molecule has 30 heavy (non-hydrogen) atoms. The molecule has 7 nitrogen and oxygen atoms in total. The average molecular weight is 413 g/mol. The zero-order chi connectivity index (χ0) is 21.1. The number of carbonyl (C=O) groups excluding carboxylic acids is 3. The van der Waals surface area contributed by atoms with Crippen molar-refractivity contribution in [2.75, 3.05) is 26.2 Å². The van der Waals surface area contributed by atoms with Gasteiger partial charge in [0.2, 0.25) is 0 Å². The number of hydrogen-bond acceptors (Lipinski definition) is 3. The summed E-state index contributed by atoms with van der Waals surface area (Å²) in [5.74, 6) is -0.814. The Balaban J connectivity index is 1.27. The first-order chi connectivity index (χ1) is 14.5. The minimum absolute atomic E-state index is 0.0191. The molecule has 0 radical (unpaired) electrons. The van der Waals surface area contributed by atoms with Gasteiger partial charge >= 0.3 is 17.8 Å². The van der Waals surface area contributed by atoms with E-state index >= 15 is 0 Å². The normalized spacial score (nSPS) is 21.4. The number of rotatable bonds is 4. The lowest BCUT2D eigenvalue weighted by molar-refractivity contribution is -0.158. The molecule has 7 heteroatoms. The molecule has 1 N–H and O–H groups in total. The number of likely N-dealkylation sites (tertiary alicyclic amines) is 1. The van der Waals surface area contributed by atoms with Gasteiger partial charge in [0.05, 0.1) is 0 Å². The van der Waals surface area contributed by atoms with E-state index in [-0.39, 0.29) is 12.1 Å². The number of piperazine rings is 1. The summed E-state index contributed by atoms with van der Waals surface area (Å²) in [6.07, 6.45) is 6.00. The molecule has 2 saturated heterocycles. The van der Waals surface area contributed by atoms with Crippen LogP contribution in [0, 0.1) is 6.92 Å². The Labute approximate surface area is 178 Å². The van der Waals surface area contributed by atoms with Crippen LogP contribution in [0.15, 0.2) is 24.3 Å². The molecule has 2 heterocycles. The number of piperidine rings is 1. The molecule has 162 valence electrons. The lowest BCUT2D eigenvalue weighted by Crippen LogP contribution is -2.59. The Kier molecular flexibility index (Phi) is 6.25. The highest BCUT2D eigenvalue weighted by Gasteiger charge is 2.38. The van der Waals surface area contributed by atoms with Crippen molar-refractivity contribution in [2.45, 2.75) is 64.1 Å². The Bertz CT molecular complexity index is 780. The molecule has 0 atom stereocenters. The van der Waals surface area contributed by atoms with Gasteiger partial charge in [-0.25, -0.2) is 4.79 Å². The van der Waals surface area contributed by atoms with Gasteiger partial charge in [-0.2, -0.15) is 0 Å². The molecule has 0 unspecified atom stereocenters. The summed E-state index contributed by atoms with van der Waals surface area (Å²) in [7, 11) is 0. The number of amides is 4. The molecule has 1 saturated carbocycles. The van der Waals surface area contributed by atoms with Crippen molar-refractivity contribution in [1.29, 1.82) is 0 Å². The van der Waals surface area contributed by atoms with Crippen LogP contribution in [-0.2, 0) is 16.1 Å². The lowest BCUT2D eigenvalue weighted by Gasteiger charge is -2.42. The summed E-state index contributed by atoms with van der Waals surface area (Å²) in [6.45, 7) is 4.89. The maximum Gasteiger partial charge on any atom is 0.317 e. The van der Waals surface area contributed by atoms with Crippen LogP contribution in [-0.4, -0.2) is 70.8 Å². The predicted molar refractivity (Wildman–Crippen MR) is 114 cm³/mol. The first-order valence-corrected chi connectivity index (χ1v) is 11.2. The second-order valence-corrected chi connectivity index (χ2v) is 8.86. The van der Waals surface area contributed by atoms with Crippen molar-refractivity contribution in [3.63, 3.8) is 0 Å². The van der Waals surface area contributed by atoms with E-state index in [1.54, 1.807) is 9.80 Å². The molecular weight excluding hydrogens is 380 g/mol. The molecule has 2 aliphatic heterocycles. The third-order valence-electron chi connectivity index (χ3n) is 6.71. The number of carbonyl (C=O) groups is 3. The van der Waals surface area contributed by atoms with Crippen LogP contribution in [0.25, 0.3) is 0 Å². The van der Waals surface area contributed by atoms with Gasteiger partial charge in [-0.1, -0.05) is 42.7 Å². The van der Waals surface area contributed by atoms with Crippen molar-refractivity contribution in [2.24, 2.45) is 0 Å². The Morgan fingerprint density at radius 3 is 2.27 bits per heavy atom. The molecule has 1 aliphatic carbocycles. The molecule has 1 aromatic carbocycles. The van der Waals surface area contributed by atoms with Gasteiger partial charge in [0.1, 0.15) is 0 Å². The summed E-state index contributed by atoms with van der Waals surface area (Å²) in [5, 5.41) is 3.14. The fraction of sp³-hybridized carbons (Fsp3) is 0.609. The van der Waals surface area contributed by atoms with Crippen LogP contribution < -0.4 is 5.32 Å². The van der Waals surface area contributed by atoms with Crippen LogP contribution in [0.2, 0.25) is 0 Å². The van der Waals surface area contributed by atoms with E-state index in [9.17, 15) is 14.4 Å². The molecule has 1 aromatic rings. The van der Waals surface area contributed by atoms with E-state index in [0.717, 1.165) is 31.2 Å². The Morgan fingerprint density at radius 1 is 0.933 bits per heavy atom. The van der Waals surface area contributed by atoms with Crippen molar-refractivity contribution >= 4 is 17.8 Å². The third kappa shape index (κ3) is 4.60. The van der Waals surface area contributed by atoms with Crippen molar-refractivity contribution < 1.29 is 14.4 Å². The topological polar surface area (TPSA) is 73.0 Å². The van der Waals surface area contributed by atoms with Gasteiger partial charge in [0.25, 0.3) is 0 Å². The van der Waals surface area contributed by atoms with Gasteiger partial charge in [-0.3, -0.25) is 9.59 Å². The summed E-state index contributed by atoms with van der Waals surface area (Å²) in [6, 6.07) is 8.43. The lowest BCUT2D eigenvalue weighted by atomic mass is 10.0. The number of hydrogen-bond donors (Lipinski definition) is 1. The van der Waals surface area contributed by atoms with E-state index in [1.165, 1.54) is 18.4 Å². The van der Waals surface area contributed by atoms with E-state index in [1.807, 2.05) is 36.1 Å². The number of nitrogens with zero attached hydrogens (tertiary/aromatic N) is 3. The van der Waals surface area contributed by atoms with Gasteiger partial charge in [0, 0.05) is 44.8 Å². The van der Waals surface area contributed by atoms with E-state index in [4.69, 9.17) is 0 Å². The fourth-order valence-electron chi connectivity index (χ4n) is 4.82. The van der Waals surface area contributed by atoms with Crippen LogP contribution in [0.5, 0.6) is 0 Å². The second kappa shape index (κ2) is 9.06. The molecule has 0 aromatic heterocycles. The summed E-state index contributed by atoms with van der Waals surface area (Å²) in [5.41, 5.74) is 2.21. The van der Waals surface area contributed by atoms with Crippen LogP contribution in [0.1, 0.15) is 49.7 Å². The maximum atomic E-state index is 12.8. The van der Waals surface area contributed by atoms with Crippen LogP contribution in [0.3, 0.4) is 0 Å². The zero-order valence-corrected chi connectivity index (χ0v) is 17.8. The van der Waals surface area contributed by atoms with Crippen LogP contribution in [0.4, 0.5) is 4.79 Å². The maximum absolute atomic E-state index is 12.8. The monoisotopic (exact) mass is 412 g/mol. The summed E-state index contributed by atoms with van der Waals surface area (Å²) < 4.78 is 0. The first kappa shape index (κ1) is 20.7. The number of nitrogens with one attached hydrogen (secondary N) is 1. The van der Waals surface area contributed by atoms with Crippen LogP contribution >= 0.6 is 0 Å². The zero-order valence-electron chi connectivity index (χ0n) is 17.8. The van der Waals surface area contributed by atoms with E-state index in [2.05, 4.69) is 5.32 Å². The number of aryl methyl sites for hydroxylation is 1. The molecule has 3 fully saturated rings. The highest BCUT2D eigenvalue weighted by molar-refractivity contribution is 6.35. The molecule has 3 aliphatic rings. The molecule has 0 spiro atoms. The SMILES string of the molecule is Cc1ccc(CN2CCN(C3CCN(C(=O)NC4CCCC4)CC3)C(=O)C2=O)cc1. The van der Waals surface area contributed by atoms with Gasteiger partial charge in [0.15, 0.2) is 0 Å². The van der Waals surface area contributed by atoms with Crippen molar-refractivity contribution in [3.8, 4) is 0 Å².